The maximum Gasteiger partial charge on any atom is 0.353 e. The van der Waals surface area contributed by atoms with E-state index in [4.69, 9.17) is 10.2 Å². The molecule has 3 N–H and O–H groups in total. The van der Waals surface area contributed by atoms with Crippen LogP contribution < -0.4 is 11.1 Å². The minimum Gasteiger partial charge on any atom is -0.438 e. The van der Waals surface area contributed by atoms with Gasteiger partial charge in [0.2, 0.25) is 17.5 Å². The predicted molar refractivity (Wildman–Crippen MR) is 111 cm³/mol. The molecular formula is C21H14N6O3. The van der Waals surface area contributed by atoms with Gasteiger partial charge in [-0.15, -0.1) is 0 Å². The van der Waals surface area contributed by atoms with Gasteiger partial charge in [-0.3, -0.25) is 10.1 Å². The van der Waals surface area contributed by atoms with Crippen molar-refractivity contribution in [2.24, 2.45) is 0 Å². The Hall–Kier alpha value is -4.71. The zero-order valence-electron chi connectivity index (χ0n) is 15.4. The third-order valence-corrected chi connectivity index (χ3v) is 4.38. The number of aromatic nitrogens is 2. The number of nitrogens with two attached hydrogens (primary N) is 1. The van der Waals surface area contributed by atoms with Gasteiger partial charge in [-0.25, -0.2) is 9.97 Å². The molecule has 0 amide bonds. The number of furan rings is 1. The third-order valence-electron chi connectivity index (χ3n) is 4.38. The standard InChI is InChI=1S/C21H14N6O3/c22-11-15-16(13-7-3-1-4-8-13)18(14-9-5-2-6-10-14)30-21(15)26-20-17(27(28)29)19(23)24-12-25-20/h1-10,12H,(H3,23,24,25,26). The van der Waals surface area contributed by atoms with Gasteiger partial charge in [0.05, 0.1) is 4.92 Å². The van der Waals surface area contributed by atoms with Gasteiger partial charge in [-0.2, -0.15) is 5.26 Å². The number of rotatable bonds is 5. The van der Waals surface area contributed by atoms with Crippen LogP contribution >= 0.6 is 0 Å². The van der Waals surface area contributed by atoms with Crippen LogP contribution in [0.25, 0.3) is 22.5 Å². The van der Waals surface area contributed by atoms with Crippen molar-refractivity contribution in [1.82, 2.24) is 9.97 Å². The lowest BCUT2D eigenvalue weighted by atomic mass is 9.98. The molecule has 0 bridgehead atoms. The average Bonchev–Trinajstić information content (AvgIpc) is 3.13. The molecule has 2 aromatic carbocycles. The molecule has 4 rings (SSSR count). The highest BCUT2D eigenvalue weighted by Gasteiger charge is 2.27. The Morgan fingerprint density at radius 1 is 1.03 bits per heavy atom. The number of nitrogens with one attached hydrogen (secondary N) is 1. The summed E-state index contributed by atoms with van der Waals surface area (Å²) in [6.07, 6.45) is 1.09. The van der Waals surface area contributed by atoms with E-state index in [2.05, 4.69) is 21.4 Å². The number of nitriles is 1. The molecule has 9 heteroatoms. The molecule has 2 heterocycles. The molecule has 0 spiro atoms. The fraction of sp³-hybridized carbons (Fsp3) is 0. The van der Waals surface area contributed by atoms with E-state index in [0.29, 0.717) is 11.3 Å². The lowest BCUT2D eigenvalue weighted by Gasteiger charge is -2.04. The lowest BCUT2D eigenvalue weighted by molar-refractivity contribution is -0.383. The van der Waals surface area contributed by atoms with E-state index in [1.54, 1.807) is 0 Å². The van der Waals surface area contributed by atoms with Crippen LogP contribution in [0.15, 0.2) is 71.4 Å². The van der Waals surface area contributed by atoms with Crippen LogP contribution in [0.1, 0.15) is 5.56 Å². The van der Waals surface area contributed by atoms with Crippen LogP contribution in [0.5, 0.6) is 0 Å². The van der Waals surface area contributed by atoms with Crippen molar-refractivity contribution in [3.63, 3.8) is 0 Å². The smallest absolute Gasteiger partial charge is 0.353 e. The van der Waals surface area contributed by atoms with Crippen molar-refractivity contribution in [2.75, 3.05) is 11.1 Å². The molecule has 0 fully saturated rings. The molecule has 4 aromatic rings. The Labute approximate surface area is 170 Å². The highest BCUT2D eigenvalue weighted by atomic mass is 16.6. The van der Waals surface area contributed by atoms with Crippen LogP contribution in [-0.4, -0.2) is 14.9 Å². The third kappa shape index (κ3) is 3.29. The molecule has 0 unspecified atom stereocenters. The minimum absolute atomic E-state index is 0.0245. The molecule has 0 saturated heterocycles. The van der Waals surface area contributed by atoms with Gasteiger partial charge in [0.1, 0.15) is 23.7 Å². The van der Waals surface area contributed by atoms with Gasteiger partial charge >= 0.3 is 5.69 Å². The van der Waals surface area contributed by atoms with Crippen LogP contribution in [-0.2, 0) is 0 Å². The first-order chi connectivity index (χ1) is 14.6. The number of benzene rings is 2. The highest BCUT2D eigenvalue weighted by molar-refractivity contribution is 5.89. The molecule has 0 aliphatic carbocycles. The Kier molecular flexibility index (Phi) is 4.80. The average molecular weight is 398 g/mol. The number of hydrogen-bond donors (Lipinski definition) is 2. The number of nitrogen functional groups attached to an aromatic ring is 1. The first kappa shape index (κ1) is 18.6. The minimum atomic E-state index is -0.692. The Morgan fingerprint density at radius 3 is 2.27 bits per heavy atom. The fourth-order valence-corrected chi connectivity index (χ4v) is 3.07. The van der Waals surface area contributed by atoms with Gasteiger partial charge in [-0.05, 0) is 5.56 Å². The molecular weight excluding hydrogens is 384 g/mol. The van der Waals surface area contributed by atoms with E-state index in [1.807, 2.05) is 60.7 Å². The lowest BCUT2D eigenvalue weighted by Crippen LogP contribution is -2.05. The largest absolute Gasteiger partial charge is 0.438 e. The van der Waals surface area contributed by atoms with E-state index in [1.165, 1.54) is 0 Å². The zero-order valence-corrected chi connectivity index (χ0v) is 15.4. The summed E-state index contributed by atoms with van der Waals surface area (Å²) >= 11 is 0. The number of anilines is 3. The number of hydrogen-bond acceptors (Lipinski definition) is 8. The van der Waals surface area contributed by atoms with Gasteiger partial charge < -0.3 is 15.5 Å². The molecule has 9 nitrogen and oxygen atoms in total. The molecule has 0 atom stereocenters. The zero-order chi connectivity index (χ0) is 21.1. The van der Waals surface area contributed by atoms with Crippen molar-refractivity contribution in [2.45, 2.75) is 0 Å². The summed E-state index contributed by atoms with van der Waals surface area (Å²) < 4.78 is 6.00. The molecule has 0 saturated carbocycles. The molecule has 0 aliphatic rings. The van der Waals surface area contributed by atoms with Gasteiger partial charge in [0.15, 0.2) is 0 Å². The molecule has 0 radical (unpaired) electrons. The van der Waals surface area contributed by atoms with Crippen molar-refractivity contribution in [3.8, 4) is 28.5 Å². The summed E-state index contributed by atoms with van der Waals surface area (Å²) in [5.41, 5.74) is 7.40. The van der Waals surface area contributed by atoms with Crippen molar-refractivity contribution >= 4 is 23.2 Å². The molecule has 30 heavy (non-hydrogen) atoms. The van der Waals surface area contributed by atoms with Crippen molar-refractivity contribution in [3.05, 3.63) is 82.7 Å². The van der Waals surface area contributed by atoms with E-state index < -0.39 is 10.6 Å². The van der Waals surface area contributed by atoms with Crippen LogP contribution in [0.4, 0.5) is 23.2 Å². The maximum atomic E-state index is 11.4. The quantitative estimate of drug-likeness (QED) is 0.369. The number of nitro groups is 1. The first-order valence-corrected chi connectivity index (χ1v) is 8.79. The van der Waals surface area contributed by atoms with Crippen LogP contribution in [0.2, 0.25) is 0 Å². The van der Waals surface area contributed by atoms with E-state index in [9.17, 15) is 15.4 Å². The van der Waals surface area contributed by atoms with Gasteiger partial charge in [0.25, 0.3) is 0 Å². The normalized spacial score (nSPS) is 10.4. The SMILES string of the molecule is N#Cc1c(Nc2ncnc(N)c2[N+](=O)[O-])oc(-c2ccccc2)c1-c1ccccc1. The summed E-state index contributed by atoms with van der Waals surface area (Å²) in [4.78, 5) is 18.3. The monoisotopic (exact) mass is 398 g/mol. The molecule has 0 aliphatic heterocycles. The molecule has 146 valence electrons. The summed E-state index contributed by atoms with van der Waals surface area (Å²) in [5.74, 6) is 0.00744. The maximum absolute atomic E-state index is 11.4. The first-order valence-electron chi connectivity index (χ1n) is 8.79. The van der Waals surface area contributed by atoms with Crippen molar-refractivity contribution in [1.29, 1.82) is 5.26 Å². The van der Waals surface area contributed by atoms with E-state index in [-0.39, 0.29) is 23.1 Å². The topological polar surface area (TPSA) is 144 Å². The fourth-order valence-electron chi connectivity index (χ4n) is 3.07. The molecule has 2 aromatic heterocycles. The van der Waals surface area contributed by atoms with Gasteiger partial charge in [0, 0.05) is 11.1 Å². The Balaban J connectivity index is 1.93. The predicted octanol–water partition coefficient (Wildman–Crippen LogP) is 4.51. The summed E-state index contributed by atoms with van der Waals surface area (Å²) in [6, 6.07) is 20.7. The Bertz CT molecular complexity index is 1260. The second kappa shape index (κ2) is 7.73. The van der Waals surface area contributed by atoms with Crippen LogP contribution in [0.3, 0.4) is 0 Å². The summed E-state index contributed by atoms with van der Waals surface area (Å²) in [6.45, 7) is 0. The number of nitrogens with zero attached hydrogens (tertiary/aromatic N) is 4. The van der Waals surface area contributed by atoms with E-state index in [0.717, 1.165) is 17.5 Å². The Morgan fingerprint density at radius 2 is 1.67 bits per heavy atom. The van der Waals surface area contributed by atoms with Crippen LogP contribution in [0, 0.1) is 21.4 Å². The summed E-state index contributed by atoms with van der Waals surface area (Å²) in [7, 11) is 0. The highest BCUT2D eigenvalue weighted by Crippen LogP contribution is 2.43. The second-order valence-corrected chi connectivity index (χ2v) is 6.19. The second-order valence-electron chi connectivity index (χ2n) is 6.19. The van der Waals surface area contributed by atoms with Gasteiger partial charge in [-0.1, -0.05) is 60.7 Å². The van der Waals surface area contributed by atoms with Crippen molar-refractivity contribution < 1.29 is 9.34 Å². The summed E-state index contributed by atoms with van der Waals surface area (Å²) in [5, 5.41) is 24.1. The van der Waals surface area contributed by atoms with E-state index >= 15 is 0 Å².